The number of amides is 1. The lowest BCUT2D eigenvalue weighted by Crippen LogP contribution is -2.44. The summed E-state index contributed by atoms with van der Waals surface area (Å²) in [5.41, 5.74) is 2.50. The standard InChI is InChI=1S/C26H37FN4O/c1-28(2)15-16-31(26(32)22-11-7-12-24(17-22)29(3)4)19-21-9-8-14-30(18-21)20-23-10-5-6-13-25(23)27/h5-7,10-13,17,21H,8-9,14-16,18-20H2,1-4H3/t21-/m0/s1. The molecule has 0 radical (unpaired) electrons. The van der Waals surface area contributed by atoms with E-state index in [9.17, 15) is 9.18 Å². The van der Waals surface area contributed by atoms with Gasteiger partial charge in [0.15, 0.2) is 0 Å². The smallest absolute Gasteiger partial charge is 0.253 e. The van der Waals surface area contributed by atoms with Gasteiger partial charge in [-0.3, -0.25) is 9.69 Å². The van der Waals surface area contributed by atoms with Crippen LogP contribution in [0.3, 0.4) is 0 Å². The van der Waals surface area contributed by atoms with Crippen LogP contribution in [-0.4, -0.2) is 81.5 Å². The second-order valence-electron chi connectivity index (χ2n) is 9.33. The Morgan fingerprint density at radius 3 is 2.56 bits per heavy atom. The average Bonchev–Trinajstić information content (AvgIpc) is 2.78. The fourth-order valence-corrected chi connectivity index (χ4v) is 4.32. The fraction of sp³-hybridized carbons (Fsp3) is 0.500. The maximum atomic E-state index is 14.1. The summed E-state index contributed by atoms with van der Waals surface area (Å²) < 4.78 is 14.1. The van der Waals surface area contributed by atoms with Crippen LogP contribution in [-0.2, 0) is 6.54 Å². The minimum atomic E-state index is -0.141. The van der Waals surface area contributed by atoms with Crippen LogP contribution in [0.1, 0.15) is 28.8 Å². The third-order valence-corrected chi connectivity index (χ3v) is 6.15. The SMILES string of the molecule is CN(C)CCN(C[C@H]1CCCN(Cc2ccccc2F)C1)C(=O)c1cccc(N(C)C)c1. The minimum Gasteiger partial charge on any atom is -0.378 e. The van der Waals surface area contributed by atoms with Crippen LogP contribution in [0.2, 0.25) is 0 Å². The number of hydrogen-bond donors (Lipinski definition) is 0. The lowest BCUT2D eigenvalue weighted by atomic mass is 9.96. The molecule has 0 saturated carbocycles. The molecule has 1 atom stereocenters. The molecular formula is C26H37FN4O. The second kappa shape index (κ2) is 11.4. The van der Waals surface area contributed by atoms with Gasteiger partial charge in [-0.15, -0.1) is 0 Å². The molecular weight excluding hydrogens is 403 g/mol. The van der Waals surface area contributed by atoms with Crippen LogP contribution >= 0.6 is 0 Å². The number of benzene rings is 2. The fourth-order valence-electron chi connectivity index (χ4n) is 4.32. The molecule has 6 heteroatoms. The Morgan fingerprint density at radius 2 is 1.84 bits per heavy atom. The Hall–Kier alpha value is -2.44. The van der Waals surface area contributed by atoms with Gasteiger partial charge in [0, 0.05) is 63.6 Å². The zero-order chi connectivity index (χ0) is 23.1. The molecule has 1 saturated heterocycles. The molecule has 1 heterocycles. The van der Waals surface area contributed by atoms with Crippen LogP contribution in [0.4, 0.5) is 10.1 Å². The molecule has 0 aliphatic carbocycles. The molecule has 0 aromatic heterocycles. The molecule has 5 nitrogen and oxygen atoms in total. The van der Waals surface area contributed by atoms with Crippen molar-refractivity contribution in [3.8, 4) is 0 Å². The average molecular weight is 441 g/mol. The normalized spacial score (nSPS) is 16.9. The molecule has 0 bridgehead atoms. The van der Waals surface area contributed by atoms with Crippen molar-refractivity contribution in [3.63, 3.8) is 0 Å². The molecule has 2 aromatic rings. The zero-order valence-corrected chi connectivity index (χ0v) is 19.9. The number of nitrogens with zero attached hydrogens (tertiary/aromatic N) is 4. The number of piperidine rings is 1. The summed E-state index contributed by atoms with van der Waals surface area (Å²) in [5.74, 6) is 0.332. The van der Waals surface area contributed by atoms with E-state index in [1.807, 2.05) is 74.4 Å². The predicted octanol–water partition coefficient (Wildman–Crippen LogP) is 3.81. The van der Waals surface area contributed by atoms with Gasteiger partial charge in [0.05, 0.1) is 0 Å². The molecule has 32 heavy (non-hydrogen) atoms. The van der Waals surface area contributed by atoms with Gasteiger partial charge < -0.3 is 14.7 Å². The first-order chi connectivity index (χ1) is 15.3. The number of likely N-dealkylation sites (N-methyl/N-ethyl adjacent to an activating group) is 1. The van der Waals surface area contributed by atoms with E-state index in [4.69, 9.17) is 0 Å². The third-order valence-electron chi connectivity index (χ3n) is 6.15. The van der Waals surface area contributed by atoms with Gasteiger partial charge in [-0.05, 0) is 63.7 Å². The molecule has 1 aliphatic heterocycles. The maximum Gasteiger partial charge on any atom is 0.253 e. The van der Waals surface area contributed by atoms with Crippen molar-refractivity contribution in [1.82, 2.24) is 14.7 Å². The van der Waals surface area contributed by atoms with Crippen molar-refractivity contribution >= 4 is 11.6 Å². The van der Waals surface area contributed by atoms with E-state index < -0.39 is 0 Å². The first kappa shape index (κ1) is 24.2. The molecule has 0 unspecified atom stereocenters. The quantitative estimate of drug-likeness (QED) is 0.593. The Bertz CT molecular complexity index is 886. The topological polar surface area (TPSA) is 30.0 Å². The molecule has 1 fully saturated rings. The van der Waals surface area contributed by atoms with E-state index in [1.54, 1.807) is 6.07 Å². The molecule has 2 aromatic carbocycles. The molecule has 174 valence electrons. The van der Waals surface area contributed by atoms with Crippen LogP contribution < -0.4 is 4.90 Å². The minimum absolute atomic E-state index is 0.0850. The number of rotatable bonds is 9. The van der Waals surface area contributed by atoms with Gasteiger partial charge in [0.2, 0.25) is 0 Å². The highest BCUT2D eigenvalue weighted by Gasteiger charge is 2.25. The summed E-state index contributed by atoms with van der Waals surface area (Å²) in [7, 11) is 8.04. The molecule has 0 spiro atoms. The number of halogens is 1. The summed E-state index contributed by atoms with van der Waals surface area (Å²) in [6, 6.07) is 14.9. The Labute approximate surface area is 192 Å². The van der Waals surface area contributed by atoms with Crippen LogP contribution in [0.5, 0.6) is 0 Å². The number of anilines is 1. The molecule has 3 rings (SSSR count). The van der Waals surface area contributed by atoms with Crippen molar-refractivity contribution < 1.29 is 9.18 Å². The molecule has 1 aliphatic rings. The second-order valence-corrected chi connectivity index (χ2v) is 9.33. The maximum absolute atomic E-state index is 14.1. The van der Waals surface area contributed by atoms with E-state index in [-0.39, 0.29) is 11.7 Å². The lowest BCUT2D eigenvalue weighted by molar-refractivity contribution is 0.0660. The first-order valence-electron chi connectivity index (χ1n) is 11.5. The molecule has 0 N–H and O–H groups in total. The highest BCUT2D eigenvalue weighted by Crippen LogP contribution is 2.22. The Balaban J connectivity index is 1.69. The van der Waals surface area contributed by atoms with E-state index in [0.29, 0.717) is 19.0 Å². The van der Waals surface area contributed by atoms with Gasteiger partial charge in [-0.25, -0.2) is 4.39 Å². The van der Waals surface area contributed by atoms with Crippen molar-refractivity contribution in [3.05, 3.63) is 65.5 Å². The van der Waals surface area contributed by atoms with E-state index in [1.165, 1.54) is 6.07 Å². The van der Waals surface area contributed by atoms with Gasteiger partial charge in [-0.1, -0.05) is 24.3 Å². The Morgan fingerprint density at radius 1 is 1.06 bits per heavy atom. The van der Waals surface area contributed by atoms with Crippen molar-refractivity contribution in [2.24, 2.45) is 5.92 Å². The molecule has 1 amide bonds. The van der Waals surface area contributed by atoms with Crippen molar-refractivity contribution in [2.45, 2.75) is 19.4 Å². The van der Waals surface area contributed by atoms with Gasteiger partial charge in [0.1, 0.15) is 5.82 Å². The van der Waals surface area contributed by atoms with Crippen LogP contribution in [0.25, 0.3) is 0 Å². The van der Waals surface area contributed by atoms with E-state index in [0.717, 1.165) is 55.8 Å². The highest BCUT2D eigenvalue weighted by molar-refractivity contribution is 5.95. The third kappa shape index (κ3) is 6.78. The summed E-state index contributed by atoms with van der Waals surface area (Å²) in [6.45, 7) is 4.73. The summed E-state index contributed by atoms with van der Waals surface area (Å²) in [6.07, 6.45) is 2.17. The predicted molar refractivity (Wildman–Crippen MR) is 130 cm³/mol. The van der Waals surface area contributed by atoms with E-state index >= 15 is 0 Å². The van der Waals surface area contributed by atoms with Crippen LogP contribution in [0.15, 0.2) is 48.5 Å². The highest BCUT2D eigenvalue weighted by atomic mass is 19.1. The summed E-state index contributed by atoms with van der Waals surface area (Å²) in [5, 5.41) is 0. The number of likely N-dealkylation sites (tertiary alicyclic amines) is 1. The zero-order valence-electron chi connectivity index (χ0n) is 19.9. The van der Waals surface area contributed by atoms with E-state index in [2.05, 4.69) is 9.80 Å². The summed E-state index contributed by atoms with van der Waals surface area (Å²) >= 11 is 0. The van der Waals surface area contributed by atoms with Gasteiger partial charge >= 0.3 is 0 Å². The number of carbonyl (C=O) groups excluding carboxylic acids is 1. The van der Waals surface area contributed by atoms with Crippen LogP contribution in [0, 0.1) is 11.7 Å². The van der Waals surface area contributed by atoms with Crippen molar-refractivity contribution in [1.29, 1.82) is 0 Å². The van der Waals surface area contributed by atoms with Gasteiger partial charge in [0.25, 0.3) is 5.91 Å². The number of carbonyl (C=O) groups is 1. The summed E-state index contributed by atoms with van der Waals surface area (Å²) in [4.78, 5) is 21.9. The number of hydrogen-bond acceptors (Lipinski definition) is 4. The first-order valence-corrected chi connectivity index (χ1v) is 11.5. The van der Waals surface area contributed by atoms with Gasteiger partial charge in [-0.2, -0.15) is 0 Å². The monoisotopic (exact) mass is 440 g/mol. The Kier molecular flexibility index (Phi) is 8.65. The lowest BCUT2D eigenvalue weighted by Gasteiger charge is -2.36. The largest absolute Gasteiger partial charge is 0.378 e. The van der Waals surface area contributed by atoms with Crippen molar-refractivity contribution in [2.75, 3.05) is 65.8 Å².